The Morgan fingerprint density at radius 1 is 1.67 bits per heavy atom. The van der Waals surface area contributed by atoms with Crippen LogP contribution in [0.2, 0.25) is 0 Å². The van der Waals surface area contributed by atoms with Gasteiger partial charge in [-0.25, -0.2) is 4.99 Å². The number of hydrogen-bond acceptors (Lipinski definition) is 2. The van der Waals surface area contributed by atoms with Crippen LogP contribution in [0.25, 0.3) is 0 Å². The van der Waals surface area contributed by atoms with Crippen molar-refractivity contribution in [3.63, 3.8) is 0 Å². The molecule has 0 fully saturated rings. The van der Waals surface area contributed by atoms with E-state index < -0.39 is 0 Å². The maximum absolute atomic E-state index is 8.75. The number of aliphatic imine (C=N–C) groups is 1. The van der Waals surface area contributed by atoms with E-state index in [4.69, 9.17) is 5.26 Å². The lowest BCUT2D eigenvalue weighted by atomic mass is 10.0. The minimum absolute atomic E-state index is 0.556. The standard InChI is InChI=1S/C10H12N2/c1-3-9-5-4-6-12-10(7-11)8(9)2/h4,6H,3,5H2,1-2H3. The van der Waals surface area contributed by atoms with Gasteiger partial charge in [-0.1, -0.05) is 18.6 Å². The maximum Gasteiger partial charge on any atom is 0.143 e. The Bertz CT molecular complexity index is 300. The molecule has 0 N–H and O–H groups in total. The third-order valence-corrected chi connectivity index (χ3v) is 2.09. The molecule has 1 aliphatic rings. The summed E-state index contributed by atoms with van der Waals surface area (Å²) >= 11 is 0. The van der Waals surface area contributed by atoms with Crippen LogP contribution in [0.1, 0.15) is 26.7 Å². The molecule has 1 aliphatic heterocycles. The maximum atomic E-state index is 8.75. The van der Waals surface area contributed by atoms with E-state index in [-0.39, 0.29) is 0 Å². The molecule has 62 valence electrons. The Hall–Kier alpha value is -1.36. The number of hydrogen-bond donors (Lipinski definition) is 0. The van der Waals surface area contributed by atoms with Crippen molar-refractivity contribution in [2.45, 2.75) is 26.7 Å². The van der Waals surface area contributed by atoms with Gasteiger partial charge in [0, 0.05) is 6.20 Å². The summed E-state index contributed by atoms with van der Waals surface area (Å²) in [6, 6.07) is 2.10. The molecular weight excluding hydrogens is 148 g/mol. The van der Waals surface area contributed by atoms with Crippen LogP contribution in [0.3, 0.4) is 0 Å². The highest BCUT2D eigenvalue weighted by atomic mass is 14.7. The lowest BCUT2D eigenvalue weighted by molar-refractivity contribution is 1.02. The van der Waals surface area contributed by atoms with E-state index in [1.807, 2.05) is 13.0 Å². The second-order valence-corrected chi connectivity index (χ2v) is 2.76. The molecule has 0 saturated carbocycles. The summed E-state index contributed by atoms with van der Waals surface area (Å²) in [5, 5.41) is 8.75. The average Bonchev–Trinajstić information content (AvgIpc) is 2.27. The monoisotopic (exact) mass is 160 g/mol. The van der Waals surface area contributed by atoms with Crippen LogP contribution < -0.4 is 0 Å². The number of nitriles is 1. The normalized spacial score (nSPS) is 16.9. The smallest absolute Gasteiger partial charge is 0.143 e. The molecule has 0 atom stereocenters. The SMILES string of the molecule is CCC1=C(C)C(C#N)=NC=CC1. The molecule has 2 nitrogen and oxygen atoms in total. The lowest BCUT2D eigenvalue weighted by Crippen LogP contribution is -1.98. The fourth-order valence-corrected chi connectivity index (χ4v) is 1.26. The highest BCUT2D eigenvalue weighted by Gasteiger charge is 2.07. The number of nitrogens with zero attached hydrogens (tertiary/aromatic N) is 2. The van der Waals surface area contributed by atoms with Crippen LogP contribution in [0.15, 0.2) is 28.4 Å². The molecule has 0 bridgehead atoms. The predicted molar refractivity (Wildman–Crippen MR) is 49.8 cm³/mol. The van der Waals surface area contributed by atoms with E-state index in [0.717, 1.165) is 18.4 Å². The molecule has 0 spiro atoms. The topological polar surface area (TPSA) is 36.1 Å². The fraction of sp³-hybridized carbons (Fsp3) is 0.400. The molecule has 1 rings (SSSR count). The van der Waals surface area contributed by atoms with Gasteiger partial charge in [-0.15, -0.1) is 0 Å². The highest BCUT2D eigenvalue weighted by Crippen LogP contribution is 2.17. The van der Waals surface area contributed by atoms with Crippen LogP contribution >= 0.6 is 0 Å². The average molecular weight is 160 g/mol. The molecule has 0 saturated heterocycles. The van der Waals surface area contributed by atoms with Gasteiger partial charge in [0.05, 0.1) is 0 Å². The van der Waals surface area contributed by atoms with Gasteiger partial charge in [0.2, 0.25) is 0 Å². The molecule has 1 heterocycles. The van der Waals surface area contributed by atoms with Crippen molar-refractivity contribution in [2.75, 3.05) is 0 Å². The first-order valence-corrected chi connectivity index (χ1v) is 4.11. The van der Waals surface area contributed by atoms with Gasteiger partial charge in [0.25, 0.3) is 0 Å². The summed E-state index contributed by atoms with van der Waals surface area (Å²) < 4.78 is 0. The minimum Gasteiger partial charge on any atom is -0.246 e. The van der Waals surface area contributed by atoms with Crippen LogP contribution in [-0.4, -0.2) is 5.71 Å². The van der Waals surface area contributed by atoms with E-state index in [9.17, 15) is 0 Å². The van der Waals surface area contributed by atoms with Gasteiger partial charge >= 0.3 is 0 Å². The lowest BCUT2D eigenvalue weighted by Gasteiger charge is -2.03. The van der Waals surface area contributed by atoms with Gasteiger partial charge in [-0.05, 0) is 25.3 Å². The zero-order valence-corrected chi connectivity index (χ0v) is 7.46. The fourth-order valence-electron chi connectivity index (χ4n) is 1.26. The van der Waals surface area contributed by atoms with E-state index in [1.54, 1.807) is 6.20 Å². The Kier molecular flexibility index (Phi) is 2.82. The number of rotatable bonds is 1. The molecule has 0 aromatic heterocycles. The van der Waals surface area contributed by atoms with Gasteiger partial charge < -0.3 is 0 Å². The van der Waals surface area contributed by atoms with Crippen LogP contribution in [0, 0.1) is 11.3 Å². The van der Waals surface area contributed by atoms with Crippen molar-refractivity contribution in [3.8, 4) is 6.07 Å². The van der Waals surface area contributed by atoms with Gasteiger partial charge in [-0.2, -0.15) is 5.26 Å². The largest absolute Gasteiger partial charge is 0.246 e. The molecule has 12 heavy (non-hydrogen) atoms. The third kappa shape index (κ3) is 1.62. The second kappa shape index (κ2) is 3.87. The first kappa shape index (κ1) is 8.73. The van der Waals surface area contributed by atoms with E-state index in [0.29, 0.717) is 5.71 Å². The molecule has 2 heteroatoms. The molecule has 0 radical (unpaired) electrons. The first-order valence-electron chi connectivity index (χ1n) is 4.11. The Balaban J connectivity index is 3.08. The highest BCUT2D eigenvalue weighted by molar-refractivity contribution is 6.11. The summed E-state index contributed by atoms with van der Waals surface area (Å²) in [5.74, 6) is 0. The Morgan fingerprint density at radius 3 is 3.00 bits per heavy atom. The van der Waals surface area contributed by atoms with Crippen molar-refractivity contribution in [1.29, 1.82) is 5.26 Å². The Morgan fingerprint density at radius 2 is 2.42 bits per heavy atom. The molecule has 0 aromatic carbocycles. The summed E-state index contributed by atoms with van der Waals surface area (Å²) in [6.07, 6.45) is 5.63. The van der Waals surface area contributed by atoms with Crippen LogP contribution in [0.5, 0.6) is 0 Å². The van der Waals surface area contributed by atoms with Crippen molar-refractivity contribution in [1.82, 2.24) is 0 Å². The molecular formula is C10H12N2. The zero-order chi connectivity index (χ0) is 8.97. The van der Waals surface area contributed by atoms with Crippen molar-refractivity contribution in [3.05, 3.63) is 23.4 Å². The first-order chi connectivity index (χ1) is 5.79. The van der Waals surface area contributed by atoms with Crippen molar-refractivity contribution < 1.29 is 0 Å². The summed E-state index contributed by atoms with van der Waals surface area (Å²) in [4.78, 5) is 4.04. The summed E-state index contributed by atoms with van der Waals surface area (Å²) in [7, 11) is 0. The van der Waals surface area contributed by atoms with Gasteiger partial charge in [0.15, 0.2) is 0 Å². The quantitative estimate of drug-likeness (QED) is 0.580. The molecule has 0 aliphatic carbocycles. The predicted octanol–water partition coefficient (Wildman–Crippen LogP) is 2.59. The van der Waals surface area contributed by atoms with E-state index in [1.165, 1.54) is 5.57 Å². The van der Waals surface area contributed by atoms with Crippen LogP contribution in [0.4, 0.5) is 0 Å². The summed E-state index contributed by atoms with van der Waals surface area (Å²) in [6.45, 7) is 4.07. The van der Waals surface area contributed by atoms with Gasteiger partial charge in [-0.3, -0.25) is 0 Å². The van der Waals surface area contributed by atoms with E-state index >= 15 is 0 Å². The van der Waals surface area contributed by atoms with Gasteiger partial charge in [0.1, 0.15) is 11.8 Å². The van der Waals surface area contributed by atoms with Crippen molar-refractivity contribution >= 4 is 5.71 Å². The Labute approximate surface area is 72.9 Å². The van der Waals surface area contributed by atoms with E-state index in [2.05, 4.69) is 18.0 Å². The third-order valence-electron chi connectivity index (χ3n) is 2.09. The second-order valence-electron chi connectivity index (χ2n) is 2.76. The van der Waals surface area contributed by atoms with Crippen molar-refractivity contribution in [2.24, 2.45) is 4.99 Å². The number of allylic oxidation sites excluding steroid dienone is 3. The van der Waals surface area contributed by atoms with Crippen LogP contribution in [-0.2, 0) is 0 Å². The molecule has 0 aromatic rings. The zero-order valence-electron chi connectivity index (χ0n) is 7.46. The molecule has 0 amide bonds. The molecule has 0 unspecified atom stereocenters. The minimum atomic E-state index is 0.556. The summed E-state index contributed by atoms with van der Waals surface area (Å²) in [5.41, 5.74) is 2.91.